The van der Waals surface area contributed by atoms with Crippen molar-refractivity contribution in [3.05, 3.63) is 47.6 Å². The zero-order valence-corrected chi connectivity index (χ0v) is 28.8. The summed E-state index contributed by atoms with van der Waals surface area (Å²) in [7, 11) is 2.03. The number of carbonyl (C=O) groups excluding carboxylic acids is 3. The van der Waals surface area contributed by atoms with Crippen molar-refractivity contribution in [2.45, 2.75) is 84.2 Å². The van der Waals surface area contributed by atoms with Crippen LogP contribution in [0.1, 0.15) is 71.4 Å². The Balaban J connectivity index is 1.39. The second-order valence-corrected chi connectivity index (χ2v) is 13.9. The van der Waals surface area contributed by atoms with Gasteiger partial charge in [0.05, 0.1) is 24.4 Å². The molecule has 0 radical (unpaired) electrons. The summed E-state index contributed by atoms with van der Waals surface area (Å²) in [4.78, 5) is 48.0. The van der Waals surface area contributed by atoms with Gasteiger partial charge in [-0.3, -0.25) is 9.59 Å². The summed E-state index contributed by atoms with van der Waals surface area (Å²) in [5.41, 5.74) is 2.26. The number of rotatable bonds is 4. The molecule has 5 atom stereocenters. The number of aliphatic hydroxyl groups is 1. The van der Waals surface area contributed by atoms with Crippen LogP contribution in [0, 0.1) is 17.7 Å². The van der Waals surface area contributed by atoms with E-state index in [4.69, 9.17) is 9.47 Å². The van der Waals surface area contributed by atoms with E-state index in [1.54, 1.807) is 18.2 Å². The van der Waals surface area contributed by atoms with Gasteiger partial charge in [0.25, 0.3) is 0 Å². The van der Waals surface area contributed by atoms with Crippen LogP contribution in [0.15, 0.2) is 36.2 Å². The van der Waals surface area contributed by atoms with Gasteiger partial charge in [0.15, 0.2) is 5.82 Å². The molecule has 1 N–H and O–H groups in total. The molecule has 1 aromatic heterocycles. The molecule has 0 spiro atoms. The topological polar surface area (TPSA) is 117 Å². The quantitative estimate of drug-likeness (QED) is 0.365. The number of piperidine rings is 1. The highest BCUT2D eigenvalue weighted by molar-refractivity contribution is 5.80. The molecule has 5 rings (SSSR count). The third-order valence-electron chi connectivity index (χ3n) is 10.1. The summed E-state index contributed by atoms with van der Waals surface area (Å²) in [5, 5.41) is 10.7. The molecular formula is C36H50FN5O6. The molecule has 0 unspecified atom stereocenters. The summed E-state index contributed by atoms with van der Waals surface area (Å²) in [5.74, 6) is -1.30. The first kappa shape index (κ1) is 35.5. The highest BCUT2D eigenvalue weighted by Gasteiger charge is 2.30. The second-order valence-electron chi connectivity index (χ2n) is 13.9. The molecule has 11 nitrogen and oxygen atoms in total. The normalized spacial score (nSPS) is 28.0. The molecule has 2 aromatic rings. The van der Waals surface area contributed by atoms with Gasteiger partial charge in [0, 0.05) is 58.2 Å². The number of benzene rings is 1. The molecule has 3 aliphatic rings. The number of hydrogen-bond acceptors (Lipinski definition) is 8. The Morgan fingerprint density at radius 3 is 2.40 bits per heavy atom. The van der Waals surface area contributed by atoms with Crippen LogP contribution in [0.4, 0.5) is 9.18 Å². The van der Waals surface area contributed by atoms with Crippen LogP contribution in [0.25, 0.3) is 17.1 Å². The Kier molecular flexibility index (Phi) is 11.6. The number of halogens is 1. The second kappa shape index (κ2) is 15.6. The molecule has 0 saturated carbocycles. The molecule has 262 valence electrons. The van der Waals surface area contributed by atoms with Crippen LogP contribution in [0.3, 0.4) is 0 Å². The summed E-state index contributed by atoms with van der Waals surface area (Å²) in [6.07, 6.45) is 7.08. The van der Waals surface area contributed by atoms with Gasteiger partial charge in [-0.25, -0.2) is 14.2 Å². The fourth-order valence-electron chi connectivity index (χ4n) is 6.92. The van der Waals surface area contributed by atoms with E-state index in [0.717, 1.165) is 25.9 Å². The third-order valence-corrected chi connectivity index (χ3v) is 10.1. The fraction of sp³-hybridized carbons (Fsp3) is 0.611. The average Bonchev–Trinajstić information content (AvgIpc) is 3.48. The molecule has 4 heterocycles. The van der Waals surface area contributed by atoms with E-state index < -0.39 is 30.1 Å². The number of esters is 1. The number of cyclic esters (lactones) is 1. The van der Waals surface area contributed by atoms with Crippen LogP contribution in [-0.4, -0.2) is 112 Å². The smallest absolute Gasteiger partial charge is 0.410 e. The maximum Gasteiger partial charge on any atom is 0.410 e. The molecule has 0 bridgehead atoms. The third kappa shape index (κ3) is 8.63. The van der Waals surface area contributed by atoms with Gasteiger partial charge in [-0.05, 0) is 74.9 Å². The first-order valence-corrected chi connectivity index (χ1v) is 17.2. The first-order chi connectivity index (χ1) is 22.9. The number of ether oxygens (including phenoxy) is 2. The highest BCUT2D eigenvalue weighted by atomic mass is 19.1. The van der Waals surface area contributed by atoms with Gasteiger partial charge in [-0.1, -0.05) is 26.0 Å². The van der Waals surface area contributed by atoms with E-state index in [2.05, 4.69) is 9.88 Å². The summed E-state index contributed by atoms with van der Waals surface area (Å²) < 4.78 is 29.3. The standard InChI is InChI=1S/C36H50FN5O6/c1-23-6-8-29(44)21-33(45)48-35(24(2)7-9-32(23)47-36(46)41-16-14-39(5)15-17-41)25(3)18-27-19-30(37)34-31(20-27)42(22-38-34)28-10-12-40(13-11-28)26(4)43/h7,9,18-20,22-24,28-29,32,35,44H,6,8,10-17,21H2,1-5H3/b9-7+,25-18+/t23-,24-,29+,32-,35-/m0/s1. The Morgan fingerprint density at radius 1 is 1.00 bits per heavy atom. The van der Waals surface area contributed by atoms with Crippen molar-refractivity contribution in [2.75, 3.05) is 46.3 Å². The Labute approximate surface area is 282 Å². The van der Waals surface area contributed by atoms with Gasteiger partial charge < -0.3 is 33.8 Å². The molecule has 2 fully saturated rings. The molecule has 48 heavy (non-hydrogen) atoms. The number of aliphatic hydroxyl groups excluding tert-OH is 1. The van der Waals surface area contributed by atoms with E-state index in [1.807, 2.05) is 61.6 Å². The van der Waals surface area contributed by atoms with Crippen molar-refractivity contribution in [1.82, 2.24) is 24.3 Å². The van der Waals surface area contributed by atoms with Crippen LogP contribution in [0.2, 0.25) is 0 Å². The predicted octanol–water partition coefficient (Wildman–Crippen LogP) is 4.80. The molecule has 0 aliphatic carbocycles. The summed E-state index contributed by atoms with van der Waals surface area (Å²) in [6.45, 7) is 11.4. The summed E-state index contributed by atoms with van der Waals surface area (Å²) in [6, 6.07) is 3.41. The van der Waals surface area contributed by atoms with Crippen molar-refractivity contribution < 1.29 is 33.4 Å². The van der Waals surface area contributed by atoms with Crippen molar-refractivity contribution in [1.29, 1.82) is 0 Å². The number of piperazine rings is 1. The van der Waals surface area contributed by atoms with Gasteiger partial charge in [0.2, 0.25) is 5.91 Å². The van der Waals surface area contributed by atoms with Crippen LogP contribution >= 0.6 is 0 Å². The van der Waals surface area contributed by atoms with E-state index in [-0.39, 0.29) is 41.8 Å². The lowest BCUT2D eigenvalue weighted by Gasteiger charge is -2.33. The Hall–Kier alpha value is -3.77. The van der Waals surface area contributed by atoms with E-state index in [9.17, 15) is 19.5 Å². The number of likely N-dealkylation sites (tertiary alicyclic amines) is 1. The monoisotopic (exact) mass is 667 g/mol. The summed E-state index contributed by atoms with van der Waals surface area (Å²) >= 11 is 0. The molecule has 1 aromatic carbocycles. The lowest BCUT2D eigenvalue weighted by Crippen LogP contribution is -2.48. The zero-order chi connectivity index (χ0) is 34.5. The minimum Gasteiger partial charge on any atom is -0.457 e. The van der Waals surface area contributed by atoms with E-state index in [1.165, 1.54) is 6.07 Å². The molecular weight excluding hydrogens is 617 g/mol. The largest absolute Gasteiger partial charge is 0.457 e. The number of likely N-dealkylation sites (N-methyl/N-ethyl adjacent to an activating group) is 1. The minimum absolute atomic E-state index is 0.0561. The number of hydrogen-bond donors (Lipinski definition) is 1. The van der Waals surface area contributed by atoms with Crippen molar-refractivity contribution in [3.63, 3.8) is 0 Å². The van der Waals surface area contributed by atoms with Crippen molar-refractivity contribution in [2.24, 2.45) is 11.8 Å². The van der Waals surface area contributed by atoms with Crippen molar-refractivity contribution >= 4 is 35.1 Å². The average molecular weight is 668 g/mol. The number of aromatic nitrogens is 2. The molecule has 12 heteroatoms. The fourth-order valence-corrected chi connectivity index (χ4v) is 6.92. The van der Waals surface area contributed by atoms with Crippen LogP contribution in [-0.2, 0) is 19.1 Å². The van der Waals surface area contributed by atoms with E-state index in [0.29, 0.717) is 55.7 Å². The minimum atomic E-state index is -0.892. The molecule has 2 amide bonds. The number of carbonyl (C=O) groups is 3. The Morgan fingerprint density at radius 2 is 1.71 bits per heavy atom. The number of nitrogens with zero attached hydrogens (tertiary/aromatic N) is 5. The zero-order valence-electron chi connectivity index (χ0n) is 28.8. The molecule has 3 aliphatic heterocycles. The van der Waals surface area contributed by atoms with E-state index >= 15 is 4.39 Å². The lowest BCUT2D eigenvalue weighted by molar-refractivity contribution is -0.151. The van der Waals surface area contributed by atoms with Crippen LogP contribution in [0.5, 0.6) is 0 Å². The molecule has 2 saturated heterocycles. The van der Waals surface area contributed by atoms with Gasteiger partial charge in [-0.15, -0.1) is 0 Å². The Bertz CT molecular complexity index is 1520. The highest BCUT2D eigenvalue weighted by Crippen LogP contribution is 2.30. The number of amides is 2. The van der Waals surface area contributed by atoms with Crippen LogP contribution < -0.4 is 0 Å². The van der Waals surface area contributed by atoms with Gasteiger partial charge in [-0.2, -0.15) is 0 Å². The first-order valence-electron chi connectivity index (χ1n) is 17.2. The van der Waals surface area contributed by atoms with Crippen molar-refractivity contribution in [3.8, 4) is 0 Å². The maximum absolute atomic E-state index is 15.4. The maximum atomic E-state index is 15.4. The number of imidazole rings is 1. The number of fused-ring (bicyclic) bond motifs is 1. The SMILES string of the molecule is CC(=O)N1CCC(n2cnc3c(F)cc(/C=C(\C)[C@H]4OC(=O)C[C@H](O)CC[C@H](C)[C@@H](OC(=O)N5CCN(C)CC5)/C=C/[C@@H]4C)cc32)CC1. The lowest BCUT2D eigenvalue weighted by atomic mass is 9.91. The van der Waals surface area contributed by atoms with Gasteiger partial charge >= 0.3 is 12.1 Å². The van der Waals surface area contributed by atoms with Gasteiger partial charge in [0.1, 0.15) is 17.7 Å². The predicted molar refractivity (Wildman–Crippen MR) is 180 cm³/mol.